The number of amides is 1. The summed E-state index contributed by atoms with van der Waals surface area (Å²) in [5, 5.41) is 0. The number of ether oxygens (including phenoxy) is 2. The van der Waals surface area contributed by atoms with E-state index in [9.17, 15) is 13.2 Å². The minimum atomic E-state index is -3.62. The highest BCUT2D eigenvalue weighted by atomic mass is 32.2. The lowest BCUT2D eigenvalue weighted by atomic mass is 10.0. The van der Waals surface area contributed by atoms with Crippen LogP contribution in [0.25, 0.3) is 0 Å². The van der Waals surface area contributed by atoms with Crippen LogP contribution >= 0.6 is 0 Å². The molecule has 1 aromatic carbocycles. The van der Waals surface area contributed by atoms with E-state index in [0.717, 1.165) is 19.3 Å². The summed E-state index contributed by atoms with van der Waals surface area (Å²) in [4.78, 5) is 14.5. The first kappa shape index (κ1) is 19.5. The van der Waals surface area contributed by atoms with Gasteiger partial charge in [0.25, 0.3) is 0 Å². The molecule has 0 radical (unpaired) electrons. The largest absolute Gasteiger partial charge is 0.490 e. The van der Waals surface area contributed by atoms with Gasteiger partial charge in [0.2, 0.25) is 15.9 Å². The fourth-order valence-electron chi connectivity index (χ4n) is 4.22. The number of piperazine rings is 1. The number of benzene rings is 1. The topological polar surface area (TPSA) is 76.2 Å². The average Bonchev–Trinajstić information content (AvgIpc) is 3.10. The standard InChI is InChI=1S/C20H28N2O5S/c23-20(14-16-4-1-2-5-16)21-8-10-22(11-9-21)28(24,25)17-6-7-18-19(15-17)27-13-3-12-26-18/h6-7,15-16H,1-5,8-14H2. The molecule has 3 aliphatic rings. The van der Waals surface area contributed by atoms with Gasteiger partial charge in [-0.2, -0.15) is 4.31 Å². The Kier molecular flexibility index (Phi) is 5.78. The Hall–Kier alpha value is -1.80. The molecule has 2 fully saturated rings. The molecule has 1 saturated heterocycles. The van der Waals surface area contributed by atoms with Crippen LogP contribution in [0.2, 0.25) is 0 Å². The van der Waals surface area contributed by atoms with Crippen molar-refractivity contribution in [2.75, 3.05) is 39.4 Å². The summed E-state index contributed by atoms with van der Waals surface area (Å²) in [5.74, 6) is 1.73. The van der Waals surface area contributed by atoms with Crippen LogP contribution in [0.4, 0.5) is 0 Å². The van der Waals surface area contributed by atoms with Gasteiger partial charge in [-0.15, -0.1) is 0 Å². The van der Waals surface area contributed by atoms with Gasteiger partial charge < -0.3 is 14.4 Å². The molecule has 0 bridgehead atoms. The van der Waals surface area contributed by atoms with Crippen LogP contribution in [0.1, 0.15) is 38.5 Å². The van der Waals surface area contributed by atoms with Crippen LogP contribution in [0.3, 0.4) is 0 Å². The predicted molar refractivity (Wildman–Crippen MR) is 104 cm³/mol. The van der Waals surface area contributed by atoms with E-state index in [0.29, 0.717) is 63.2 Å². The van der Waals surface area contributed by atoms with Gasteiger partial charge in [-0.25, -0.2) is 8.42 Å². The third-order valence-corrected chi connectivity index (χ3v) is 7.78. The zero-order valence-corrected chi connectivity index (χ0v) is 17.0. The maximum atomic E-state index is 13.0. The van der Waals surface area contributed by atoms with E-state index in [1.165, 1.54) is 17.1 Å². The van der Waals surface area contributed by atoms with Gasteiger partial charge in [0.15, 0.2) is 11.5 Å². The molecular formula is C20H28N2O5S. The van der Waals surface area contributed by atoms with Gasteiger partial charge in [-0.1, -0.05) is 12.8 Å². The van der Waals surface area contributed by atoms with Crippen molar-refractivity contribution in [2.45, 2.75) is 43.4 Å². The van der Waals surface area contributed by atoms with Crippen molar-refractivity contribution in [2.24, 2.45) is 5.92 Å². The third-order valence-electron chi connectivity index (χ3n) is 5.89. The molecule has 28 heavy (non-hydrogen) atoms. The minimum absolute atomic E-state index is 0.166. The minimum Gasteiger partial charge on any atom is -0.490 e. The SMILES string of the molecule is O=C(CC1CCCC1)N1CCN(S(=O)(=O)c2ccc3c(c2)OCCCO3)CC1. The van der Waals surface area contributed by atoms with E-state index in [1.807, 2.05) is 4.90 Å². The summed E-state index contributed by atoms with van der Waals surface area (Å²) in [6.07, 6.45) is 6.11. The Balaban J connectivity index is 1.39. The number of hydrogen-bond donors (Lipinski definition) is 0. The monoisotopic (exact) mass is 408 g/mol. The quantitative estimate of drug-likeness (QED) is 0.764. The van der Waals surface area contributed by atoms with Gasteiger partial charge in [0, 0.05) is 45.1 Å². The van der Waals surface area contributed by atoms with Crippen LogP contribution in [0.15, 0.2) is 23.1 Å². The maximum absolute atomic E-state index is 13.0. The first-order chi connectivity index (χ1) is 13.5. The van der Waals surface area contributed by atoms with Crippen molar-refractivity contribution in [3.63, 3.8) is 0 Å². The summed E-state index contributed by atoms with van der Waals surface area (Å²) in [5.41, 5.74) is 0. The molecule has 0 N–H and O–H groups in total. The summed E-state index contributed by atoms with van der Waals surface area (Å²) in [6, 6.07) is 4.78. The molecule has 1 aliphatic carbocycles. The number of carbonyl (C=O) groups is 1. The Morgan fingerprint density at radius 2 is 1.64 bits per heavy atom. The van der Waals surface area contributed by atoms with Crippen LogP contribution in [0.5, 0.6) is 11.5 Å². The molecule has 2 aliphatic heterocycles. The second kappa shape index (κ2) is 8.29. The first-order valence-electron chi connectivity index (χ1n) is 10.2. The summed E-state index contributed by atoms with van der Waals surface area (Å²) in [6.45, 7) is 2.64. The molecule has 7 nitrogen and oxygen atoms in total. The van der Waals surface area contributed by atoms with Crippen molar-refractivity contribution in [1.29, 1.82) is 0 Å². The summed E-state index contributed by atoms with van der Waals surface area (Å²) >= 11 is 0. The molecule has 0 spiro atoms. The molecule has 1 amide bonds. The zero-order chi connectivity index (χ0) is 19.6. The van der Waals surface area contributed by atoms with E-state index in [-0.39, 0.29) is 10.8 Å². The van der Waals surface area contributed by atoms with E-state index in [2.05, 4.69) is 0 Å². The number of carbonyl (C=O) groups excluding carboxylic acids is 1. The Morgan fingerprint density at radius 1 is 0.964 bits per heavy atom. The molecule has 1 aromatic rings. The number of hydrogen-bond acceptors (Lipinski definition) is 5. The molecule has 154 valence electrons. The molecule has 0 aromatic heterocycles. The van der Waals surface area contributed by atoms with Crippen LogP contribution in [0, 0.1) is 5.92 Å². The van der Waals surface area contributed by atoms with Crippen molar-refractivity contribution >= 4 is 15.9 Å². The predicted octanol–water partition coefficient (Wildman–Crippen LogP) is 2.26. The second-order valence-corrected chi connectivity index (χ2v) is 9.74. The van der Waals surface area contributed by atoms with Crippen LogP contribution in [-0.2, 0) is 14.8 Å². The van der Waals surface area contributed by atoms with Crippen molar-refractivity contribution in [1.82, 2.24) is 9.21 Å². The van der Waals surface area contributed by atoms with Gasteiger partial charge in [-0.05, 0) is 30.9 Å². The molecule has 0 unspecified atom stereocenters. The molecule has 2 heterocycles. The Morgan fingerprint density at radius 3 is 2.36 bits per heavy atom. The van der Waals surface area contributed by atoms with Crippen LogP contribution < -0.4 is 9.47 Å². The van der Waals surface area contributed by atoms with E-state index in [4.69, 9.17) is 9.47 Å². The van der Waals surface area contributed by atoms with Crippen molar-refractivity contribution in [3.05, 3.63) is 18.2 Å². The molecular weight excluding hydrogens is 380 g/mol. The summed E-state index contributed by atoms with van der Waals surface area (Å²) in [7, 11) is -3.62. The lowest BCUT2D eigenvalue weighted by Gasteiger charge is -2.34. The first-order valence-corrected chi connectivity index (χ1v) is 11.7. The normalized spacial score (nSPS) is 21.5. The molecule has 1 saturated carbocycles. The highest BCUT2D eigenvalue weighted by molar-refractivity contribution is 7.89. The number of nitrogens with zero attached hydrogens (tertiary/aromatic N) is 2. The second-order valence-electron chi connectivity index (χ2n) is 7.80. The van der Waals surface area contributed by atoms with Gasteiger partial charge in [-0.3, -0.25) is 4.79 Å². The highest BCUT2D eigenvalue weighted by Gasteiger charge is 2.31. The van der Waals surface area contributed by atoms with E-state index in [1.54, 1.807) is 18.2 Å². The molecule has 8 heteroatoms. The lowest BCUT2D eigenvalue weighted by molar-refractivity contribution is -0.133. The van der Waals surface area contributed by atoms with E-state index >= 15 is 0 Å². The van der Waals surface area contributed by atoms with E-state index < -0.39 is 10.0 Å². The van der Waals surface area contributed by atoms with Crippen molar-refractivity contribution < 1.29 is 22.7 Å². The van der Waals surface area contributed by atoms with Gasteiger partial charge in [0.1, 0.15) is 0 Å². The zero-order valence-electron chi connectivity index (χ0n) is 16.1. The highest BCUT2D eigenvalue weighted by Crippen LogP contribution is 2.33. The van der Waals surface area contributed by atoms with Gasteiger partial charge >= 0.3 is 0 Å². The lowest BCUT2D eigenvalue weighted by Crippen LogP contribution is -2.50. The Labute approximate surface area is 166 Å². The third kappa shape index (κ3) is 4.12. The fourth-order valence-corrected chi connectivity index (χ4v) is 5.66. The number of fused-ring (bicyclic) bond motifs is 1. The maximum Gasteiger partial charge on any atom is 0.243 e. The number of rotatable bonds is 4. The fraction of sp³-hybridized carbons (Fsp3) is 0.650. The van der Waals surface area contributed by atoms with Gasteiger partial charge in [0.05, 0.1) is 18.1 Å². The average molecular weight is 409 g/mol. The smallest absolute Gasteiger partial charge is 0.243 e. The van der Waals surface area contributed by atoms with Crippen LogP contribution in [-0.4, -0.2) is 62.9 Å². The number of sulfonamides is 1. The molecule has 0 atom stereocenters. The van der Waals surface area contributed by atoms with Crippen molar-refractivity contribution in [3.8, 4) is 11.5 Å². The molecule has 4 rings (SSSR count). The summed E-state index contributed by atoms with van der Waals surface area (Å²) < 4.78 is 38.7. The Bertz CT molecular complexity index is 812.